The number of benzene rings is 2. The minimum Gasteiger partial charge on any atom is -0.457 e. The van der Waals surface area contributed by atoms with E-state index in [1.807, 2.05) is 30.3 Å². The Kier molecular flexibility index (Phi) is 9.05. The number of anilines is 1. The number of aromatic amines is 1. The van der Waals surface area contributed by atoms with Gasteiger partial charge in [0.1, 0.15) is 18.7 Å². The number of nitrogens with zero attached hydrogens (tertiary/aromatic N) is 3. The molecule has 266 valence electrons. The van der Waals surface area contributed by atoms with Crippen LogP contribution in [0.25, 0.3) is 22.3 Å². The van der Waals surface area contributed by atoms with Gasteiger partial charge < -0.3 is 35.0 Å². The zero-order valence-corrected chi connectivity index (χ0v) is 28.8. The number of para-hydroxylation sites is 2. The van der Waals surface area contributed by atoms with Crippen LogP contribution in [0.5, 0.6) is 0 Å². The summed E-state index contributed by atoms with van der Waals surface area (Å²) in [7, 11) is 0. The van der Waals surface area contributed by atoms with Crippen molar-refractivity contribution >= 4 is 40.5 Å². The van der Waals surface area contributed by atoms with E-state index < -0.39 is 47.5 Å². The largest absolute Gasteiger partial charge is 0.457 e. The van der Waals surface area contributed by atoms with E-state index in [4.69, 9.17) is 14.5 Å². The minimum absolute atomic E-state index is 0.0341. The Bertz CT molecular complexity index is 2250. The predicted octanol–water partition coefficient (Wildman–Crippen LogP) is 3.93. The van der Waals surface area contributed by atoms with Gasteiger partial charge in [-0.3, -0.25) is 9.59 Å². The van der Waals surface area contributed by atoms with Gasteiger partial charge in [0.15, 0.2) is 0 Å². The van der Waals surface area contributed by atoms with Crippen LogP contribution in [0.15, 0.2) is 84.0 Å². The third-order valence-electron chi connectivity index (χ3n) is 9.51. The van der Waals surface area contributed by atoms with Gasteiger partial charge in [-0.25, -0.2) is 24.4 Å². The van der Waals surface area contributed by atoms with E-state index in [1.54, 1.807) is 61.7 Å². The number of esters is 2. The van der Waals surface area contributed by atoms with Gasteiger partial charge in [0.25, 0.3) is 5.56 Å². The lowest BCUT2D eigenvalue weighted by Crippen LogP contribution is -2.56. The van der Waals surface area contributed by atoms with E-state index in [9.17, 15) is 24.0 Å². The fourth-order valence-corrected chi connectivity index (χ4v) is 6.74. The Labute approximate surface area is 298 Å². The zero-order valence-electron chi connectivity index (χ0n) is 28.8. The van der Waals surface area contributed by atoms with Gasteiger partial charge in [-0.1, -0.05) is 57.2 Å². The number of H-pyrrole nitrogens is 1. The monoisotopic (exact) mass is 703 g/mol. The summed E-state index contributed by atoms with van der Waals surface area (Å²) in [6.45, 7) is 5.09. The van der Waals surface area contributed by atoms with Crippen molar-refractivity contribution in [2.75, 3.05) is 5.32 Å². The average molecular weight is 704 g/mol. The molecule has 3 aromatic heterocycles. The fourth-order valence-electron chi connectivity index (χ4n) is 6.74. The molecule has 0 fully saturated rings. The van der Waals surface area contributed by atoms with Crippen LogP contribution in [0.2, 0.25) is 0 Å². The summed E-state index contributed by atoms with van der Waals surface area (Å²) in [4.78, 5) is 80.3. The molecular formula is C38H37N7O7. The number of rotatable bonds is 10. The van der Waals surface area contributed by atoms with Gasteiger partial charge in [-0.15, -0.1) is 0 Å². The maximum absolute atomic E-state index is 14.1. The first kappa shape index (κ1) is 34.2. The highest BCUT2D eigenvalue weighted by molar-refractivity contribution is 5.96. The average Bonchev–Trinajstić information content (AvgIpc) is 3.78. The Hall–Kier alpha value is -6.31. The van der Waals surface area contributed by atoms with Crippen molar-refractivity contribution < 1.29 is 28.7 Å². The van der Waals surface area contributed by atoms with Crippen molar-refractivity contribution in [3.05, 3.63) is 112 Å². The van der Waals surface area contributed by atoms with E-state index in [1.165, 1.54) is 12.5 Å². The highest BCUT2D eigenvalue weighted by Gasteiger charge is 2.51. The molecule has 2 aliphatic rings. The molecule has 0 radical (unpaired) electrons. The van der Waals surface area contributed by atoms with Gasteiger partial charge in [-0.2, -0.15) is 0 Å². The molecule has 4 N–H and O–H groups in total. The van der Waals surface area contributed by atoms with Crippen LogP contribution < -0.4 is 21.5 Å². The van der Waals surface area contributed by atoms with Crippen molar-refractivity contribution in [3.63, 3.8) is 0 Å². The normalized spacial score (nSPS) is 17.0. The van der Waals surface area contributed by atoms with Gasteiger partial charge in [-0.05, 0) is 42.7 Å². The van der Waals surface area contributed by atoms with Gasteiger partial charge in [0.05, 0.1) is 35.3 Å². The molecule has 2 unspecified atom stereocenters. The van der Waals surface area contributed by atoms with Crippen LogP contribution in [-0.2, 0) is 49.0 Å². The highest BCUT2D eigenvalue weighted by Crippen LogP contribution is 2.41. The van der Waals surface area contributed by atoms with Crippen LogP contribution in [0.3, 0.4) is 0 Å². The predicted molar refractivity (Wildman–Crippen MR) is 190 cm³/mol. The second kappa shape index (κ2) is 13.8. The molecule has 0 aliphatic carbocycles. The van der Waals surface area contributed by atoms with Gasteiger partial charge in [0.2, 0.25) is 11.5 Å². The summed E-state index contributed by atoms with van der Waals surface area (Å²) in [6, 6.07) is 17.0. The van der Waals surface area contributed by atoms with Crippen molar-refractivity contribution in [2.45, 2.75) is 64.4 Å². The summed E-state index contributed by atoms with van der Waals surface area (Å²) in [5.74, 6) is -2.91. The summed E-state index contributed by atoms with van der Waals surface area (Å²) in [6.07, 6.45) is 2.96. The Morgan fingerprint density at radius 3 is 2.54 bits per heavy atom. The summed E-state index contributed by atoms with van der Waals surface area (Å²) in [5.41, 5.74) is 1.88. The van der Waals surface area contributed by atoms with E-state index >= 15 is 0 Å². The summed E-state index contributed by atoms with van der Waals surface area (Å²) >= 11 is 0. The maximum Gasteiger partial charge on any atom is 0.355 e. The van der Waals surface area contributed by atoms with Crippen LogP contribution in [0, 0.1) is 5.92 Å². The molecule has 0 saturated heterocycles. The molecule has 5 aromatic rings. The van der Waals surface area contributed by atoms with E-state index in [0.29, 0.717) is 29.3 Å². The summed E-state index contributed by atoms with van der Waals surface area (Å²) in [5, 5.41) is 9.04. The first-order valence-electron chi connectivity index (χ1n) is 17.0. The number of nitrogens with one attached hydrogen (secondary N) is 4. The standard InChI is InChI=1S/C38H37N7O7/c1-4-38(27-16-30-32-23(14-22-10-8-9-13-28(22)42-32)18-45(30)34(47)26(27)19-51-36(38)49)52-35(48)31(21(2)3)44-33(46)29(15-25-17-39-20-40-25)43-37(50)41-24-11-6-5-7-12-24/h5-14,16-17,20-21,29,31H,4,15,18-19H2,1-3H3,(H,39,40)(H,44,46)(H2,41,43,50)/t29?,31?,38-/m0/s1. The first-order valence-corrected chi connectivity index (χ1v) is 17.0. The molecule has 52 heavy (non-hydrogen) atoms. The second-order valence-corrected chi connectivity index (χ2v) is 13.2. The molecule has 0 bridgehead atoms. The molecule has 14 heteroatoms. The number of imidazole rings is 1. The number of carbonyl (C=O) groups excluding carboxylic acids is 4. The van der Waals surface area contributed by atoms with Crippen LogP contribution >= 0.6 is 0 Å². The number of amides is 3. The topological polar surface area (TPSA) is 186 Å². The SMILES string of the molecule is CC[C@@]1(OC(=O)C(NC(=O)C(Cc2cnc[nH]2)NC(=O)Nc2ccccc2)C(C)C)C(=O)OCc2c1cc1n(c2=O)Cc2cc3ccccc3nc2-1. The van der Waals surface area contributed by atoms with Crippen LogP contribution in [0.4, 0.5) is 10.5 Å². The second-order valence-electron chi connectivity index (χ2n) is 13.2. The molecular weight excluding hydrogens is 666 g/mol. The van der Waals surface area contributed by atoms with Crippen molar-refractivity contribution in [1.29, 1.82) is 0 Å². The molecule has 3 atom stereocenters. The number of urea groups is 1. The quantitative estimate of drug-likeness (QED) is 0.153. The van der Waals surface area contributed by atoms with Gasteiger partial charge in [0, 0.05) is 40.5 Å². The van der Waals surface area contributed by atoms with Crippen LogP contribution in [-0.4, -0.2) is 55.5 Å². The van der Waals surface area contributed by atoms with E-state index in [2.05, 4.69) is 25.9 Å². The van der Waals surface area contributed by atoms with Crippen LogP contribution in [0.1, 0.15) is 49.6 Å². The Balaban J connectivity index is 1.18. The minimum atomic E-state index is -1.97. The molecule has 2 aliphatic heterocycles. The number of carbonyl (C=O) groups is 4. The van der Waals surface area contributed by atoms with Crippen molar-refractivity contribution in [1.82, 2.24) is 30.2 Å². The lowest BCUT2D eigenvalue weighted by atomic mass is 9.85. The molecule has 3 amide bonds. The summed E-state index contributed by atoms with van der Waals surface area (Å²) < 4.78 is 13.2. The van der Waals surface area contributed by atoms with E-state index in [-0.39, 0.29) is 36.1 Å². The number of ether oxygens (including phenoxy) is 2. The highest BCUT2D eigenvalue weighted by atomic mass is 16.6. The third-order valence-corrected chi connectivity index (χ3v) is 9.51. The number of pyridine rings is 2. The fraction of sp³-hybridized carbons (Fsp3) is 0.289. The first-order chi connectivity index (χ1) is 25.1. The molecule has 2 aromatic carbocycles. The number of cyclic esters (lactones) is 1. The molecule has 7 rings (SSSR count). The molecule has 0 saturated carbocycles. The van der Waals surface area contributed by atoms with Gasteiger partial charge >= 0.3 is 18.0 Å². The Morgan fingerprint density at radius 2 is 1.81 bits per heavy atom. The number of hydrogen-bond donors (Lipinski definition) is 4. The number of hydrogen-bond acceptors (Lipinski definition) is 9. The smallest absolute Gasteiger partial charge is 0.355 e. The lowest BCUT2D eigenvalue weighted by Gasteiger charge is -2.37. The lowest BCUT2D eigenvalue weighted by molar-refractivity contribution is -0.191. The number of fused-ring (bicyclic) bond motifs is 5. The zero-order chi connectivity index (χ0) is 36.6. The molecule has 5 heterocycles. The van der Waals surface area contributed by atoms with E-state index in [0.717, 1.165) is 16.5 Å². The molecule has 14 nitrogen and oxygen atoms in total. The van der Waals surface area contributed by atoms with Crippen molar-refractivity contribution in [3.8, 4) is 11.4 Å². The van der Waals surface area contributed by atoms with Crippen molar-refractivity contribution in [2.24, 2.45) is 5.92 Å². The Morgan fingerprint density at radius 1 is 1.04 bits per heavy atom. The molecule has 0 spiro atoms. The number of aromatic nitrogens is 4. The third kappa shape index (κ3) is 6.27. The maximum atomic E-state index is 14.1.